The maximum Gasteiger partial charge on any atom is 0.297 e. The largest absolute Gasteiger partial charge is 0.482 e. The van der Waals surface area contributed by atoms with Crippen molar-refractivity contribution in [3.8, 4) is 5.75 Å². The van der Waals surface area contributed by atoms with Crippen molar-refractivity contribution in [1.82, 2.24) is 4.98 Å². The molecule has 104 valence electrons. The summed E-state index contributed by atoms with van der Waals surface area (Å²) < 4.78 is 6.21. The molecule has 0 amide bonds. The minimum absolute atomic E-state index is 0.000908. The minimum atomic E-state index is -0.543. The Morgan fingerprint density at radius 3 is 2.80 bits per heavy atom. The fourth-order valence-electron chi connectivity index (χ4n) is 1.70. The fraction of sp³-hybridized carbons (Fsp3) is 0.154. The molecule has 0 bridgehead atoms. The van der Waals surface area contributed by atoms with E-state index in [9.17, 15) is 10.1 Å². The molecule has 6 nitrogen and oxygen atoms in total. The van der Waals surface area contributed by atoms with Gasteiger partial charge >= 0.3 is 0 Å². The number of hydrogen-bond donors (Lipinski definition) is 1. The Labute approximate surface area is 123 Å². The van der Waals surface area contributed by atoms with Crippen LogP contribution in [0.2, 0.25) is 0 Å². The molecule has 0 fully saturated rings. The van der Waals surface area contributed by atoms with Gasteiger partial charge in [0.15, 0.2) is 11.4 Å². The summed E-state index contributed by atoms with van der Waals surface area (Å²) >= 11 is 3.21. The number of rotatable bonds is 4. The number of benzene rings is 1. The molecule has 1 aromatic heterocycles. The summed E-state index contributed by atoms with van der Waals surface area (Å²) in [6.07, 6.45) is 1.29. The molecule has 2 rings (SSSR count). The SMILES string of the molecule is C[C@@H](Oc1cc(Br)cc([N+](=O)[O-])c1N)c1ccccn1. The number of nitro benzene ring substituents is 1. The van der Waals surface area contributed by atoms with E-state index in [1.165, 1.54) is 6.07 Å². The van der Waals surface area contributed by atoms with Gasteiger partial charge in [0.2, 0.25) is 0 Å². The van der Waals surface area contributed by atoms with Crippen molar-refractivity contribution in [1.29, 1.82) is 0 Å². The number of ether oxygens (including phenoxy) is 1. The van der Waals surface area contributed by atoms with Gasteiger partial charge in [-0.1, -0.05) is 22.0 Å². The van der Waals surface area contributed by atoms with Gasteiger partial charge in [0.1, 0.15) is 6.10 Å². The predicted octanol–water partition coefficient (Wildman–Crippen LogP) is 3.47. The van der Waals surface area contributed by atoms with Gasteiger partial charge in [0.25, 0.3) is 5.69 Å². The van der Waals surface area contributed by atoms with E-state index >= 15 is 0 Å². The van der Waals surface area contributed by atoms with Crippen LogP contribution in [0.5, 0.6) is 5.75 Å². The van der Waals surface area contributed by atoms with Crippen molar-refractivity contribution in [2.75, 3.05) is 5.73 Å². The Kier molecular flexibility index (Phi) is 4.19. The number of pyridine rings is 1. The maximum absolute atomic E-state index is 10.9. The Morgan fingerprint density at radius 1 is 1.45 bits per heavy atom. The van der Waals surface area contributed by atoms with Gasteiger partial charge < -0.3 is 10.5 Å². The lowest BCUT2D eigenvalue weighted by atomic mass is 10.2. The van der Waals surface area contributed by atoms with Crippen LogP contribution in [0.25, 0.3) is 0 Å². The van der Waals surface area contributed by atoms with Gasteiger partial charge in [-0.05, 0) is 25.1 Å². The van der Waals surface area contributed by atoms with Crippen molar-refractivity contribution in [3.05, 3.63) is 56.8 Å². The molecule has 7 heteroatoms. The first kappa shape index (κ1) is 14.3. The van der Waals surface area contributed by atoms with E-state index in [0.717, 1.165) is 5.69 Å². The van der Waals surface area contributed by atoms with Gasteiger partial charge in [-0.2, -0.15) is 0 Å². The van der Waals surface area contributed by atoms with Crippen LogP contribution in [0.4, 0.5) is 11.4 Å². The van der Waals surface area contributed by atoms with Crippen molar-refractivity contribution in [2.45, 2.75) is 13.0 Å². The van der Waals surface area contributed by atoms with Crippen molar-refractivity contribution < 1.29 is 9.66 Å². The molecule has 0 saturated carbocycles. The molecule has 0 radical (unpaired) electrons. The Hall–Kier alpha value is -2.15. The zero-order valence-corrected chi connectivity index (χ0v) is 12.2. The highest BCUT2D eigenvalue weighted by atomic mass is 79.9. The molecule has 0 aliphatic carbocycles. The van der Waals surface area contributed by atoms with Crippen molar-refractivity contribution in [3.63, 3.8) is 0 Å². The molecule has 0 aliphatic rings. The molecule has 0 aliphatic heterocycles. The summed E-state index contributed by atoms with van der Waals surface area (Å²) in [7, 11) is 0. The summed E-state index contributed by atoms with van der Waals surface area (Å²) in [5, 5.41) is 10.9. The van der Waals surface area contributed by atoms with E-state index in [1.807, 2.05) is 12.1 Å². The van der Waals surface area contributed by atoms with Crippen LogP contribution in [0.1, 0.15) is 18.7 Å². The number of aromatic nitrogens is 1. The summed E-state index contributed by atoms with van der Waals surface area (Å²) in [5.41, 5.74) is 6.30. The number of hydrogen-bond acceptors (Lipinski definition) is 5. The van der Waals surface area contributed by atoms with Gasteiger partial charge in [-0.25, -0.2) is 0 Å². The highest BCUT2D eigenvalue weighted by molar-refractivity contribution is 9.10. The van der Waals surface area contributed by atoms with Crippen LogP contribution < -0.4 is 10.5 Å². The zero-order chi connectivity index (χ0) is 14.7. The summed E-state index contributed by atoms with van der Waals surface area (Å²) in [6.45, 7) is 1.80. The lowest BCUT2D eigenvalue weighted by molar-refractivity contribution is -0.384. The Morgan fingerprint density at radius 2 is 2.20 bits per heavy atom. The maximum atomic E-state index is 10.9. The van der Waals surface area contributed by atoms with Crippen LogP contribution in [0, 0.1) is 10.1 Å². The van der Waals surface area contributed by atoms with Crippen LogP contribution in [-0.4, -0.2) is 9.91 Å². The van der Waals surface area contributed by atoms with Gasteiger partial charge in [-0.15, -0.1) is 0 Å². The van der Waals surface area contributed by atoms with Crippen LogP contribution in [0.3, 0.4) is 0 Å². The zero-order valence-electron chi connectivity index (χ0n) is 10.6. The summed E-state index contributed by atoms with van der Waals surface area (Å²) in [5.74, 6) is 0.254. The van der Waals surface area contributed by atoms with Crippen molar-refractivity contribution in [2.24, 2.45) is 0 Å². The van der Waals surface area contributed by atoms with Crippen LogP contribution in [0.15, 0.2) is 41.0 Å². The third-order valence-corrected chi connectivity index (χ3v) is 3.15. The average Bonchev–Trinajstić information content (AvgIpc) is 2.43. The summed E-state index contributed by atoms with van der Waals surface area (Å²) in [6, 6.07) is 8.39. The molecular formula is C13H12BrN3O3. The molecule has 1 aromatic carbocycles. The molecule has 0 spiro atoms. The van der Waals surface area contributed by atoms with E-state index < -0.39 is 4.92 Å². The monoisotopic (exact) mass is 337 g/mol. The molecule has 20 heavy (non-hydrogen) atoms. The second kappa shape index (κ2) is 5.87. The van der Waals surface area contributed by atoms with Gasteiger partial charge in [-0.3, -0.25) is 15.1 Å². The Bertz CT molecular complexity index is 634. The second-order valence-electron chi connectivity index (χ2n) is 4.11. The quantitative estimate of drug-likeness (QED) is 0.523. The third-order valence-electron chi connectivity index (χ3n) is 2.69. The fourth-order valence-corrected chi connectivity index (χ4v) is 2.12. The van der Waals surface area contributed by atoms with E-state index in [-0.39, 0.29) is 23.2 Å². The first-order valence-corrected chi connectivity index (χ1v) is 6.59. The first-order valence-electron chi connectivity index (χ1n) is 5.80. The second-order valence-corrected chi connectivity index (χ2v) is 5.02. The van der Waals surface area contributed by atoms with E-state index in [1.54, 1.807) is 25.3 Å². The summed E-state index contributed by atoms with van der Waals surface area (Å²) in [4.78, 5) is 14.5. The normalized spacial score (nSPS) is 11.9. The average molecular weight is 338 g/mol. The standard InChI is InChI=1S/C13H12BrN3O3/c1-8(10-4-2-3-5-16-10)20-12-7-9(14)6-11(13(12)15)17(18)19/h2-8H,15H2,1H3/t8-/m1/s1. The third kappa shape index (κ3) is 3.05. The molecular weight excluding hydrogens is 326 g/mol. The van der Waals surface area contributed by atoms with E-state index in [4.69, 9.17) is 10.5 Å². The molecule has 2 aromatic rings. The molecule has 1 atom stereocenters. The molecule has 0 unspecified atom stereocenters. The number of nitrogens with two attached hydrogens (primary N) is 1. The minimum Gasteiger partial charge on any atom is -0.482 e. The van der Waals surface area contributed by atoms with E-state index in [2.05, 4.69) is 20.9 Å². The predicted molar refractivity (Wildman–Crippen MR) is 78.5 cm³/mol. The van der Waals surface area contributed by atoms with Crippen molar-refractivity contribution >= 4 is 27.3 Å². The van der Waals surface area contributed by atoms with Crippen LogP contribution >= 0.6 is 15.9 Å². The molecule has 1 heterocycles. The highest BCUT2D eigenvalue weighted by Gasteiger charge is 2.19. The molecule has 0 saturated heterocycles. The lowest BCUT2D eigenvalue weighted by Crippen LogP contribution is -2.07. The smallest absolute Gasteiger partial charge is 0.297 e. The van der Waals surface area contributed by atoms with Gasteiger partial charge in [0, 0.05) is 16.7 Å². The number of nitrogens with zero attached hydrogens (tertiary/aromatic N) is 2. The number of nitro groups is 1. The first-order chi connectivity index (χ1) is 9.49. The number of halogens is 1. The van der Waals surface area contributed by atoms with Crippen LogP contribution in [-0.2, 0) is 0 Å². The number of anilines is 1. The lowest BCUT2D eigenvalue weighted by Gasteiger charge is -2.15. The number of nitrogen functional groups attached to an aromatic ring is 1. The van der Waals surface area contributed by atoms with E-state index in [0.29, 0.717) is 4.47 Å². The topological polar surface area (TPSA) is 91.3 Å². The highest BCUT2D eigenvalue weighted by Crippen LogP contribution is 2.37. The van der Waals surface area contributed by atoms with Gasteiger partial charge in [0.05, 0.1) is 10.6 Å². The Balaban J connectivity index is 2.32. The molecule has 2 N–H and O–H groups in total.